The number of nitrogens with one attached hydrogen (secondary N) is 2. The number of H-pyrrole nitrogens is 2. The van der Waals surface area contributed by atoms with E-state index in [1.54, 1.807) is 14.0 Å². The van der Waals surface area contributed by atoms with Crippen molar-refractivity contribution in [2.75, 3.05) is 41.5 Å². The van der Waals surface area contributed by atoms with Crippen LogP contribution in [0, 0.1) is 29.6 Å². The first-order valence-electron chi connectivity index (χ1n) is 21.0. The smallest absolute Gasteiger partial charge is 0.319 e. The highest BCUT2D eigenvalue weighted by Crippen LogP contribution is 2.59. The largest absolute Gasteiger partial charge is 0.496 e. The second-order valence-electron chi connectivity index (χ2n) is 17.8. The summed E-state index contributed by atoms with van der Waals surface area (Å²) in [5.74, 6) is 1.17. The first kappa shape index (κ1) is 37.4. The molecule has 3 unspecified atom stereocenters. The minimum absolute atomic E-state index is 0.0105. The molecule has 10 rings (SSSR count). The minimum atomic E-state index is -0.890. The molecule has 1 saturated carbocycles. The van der Waals surface area contributed by atoms with Crippen molar-refractivity contribution >= 4 is 39.5 Å². The second kappa shape index (κ2) is 14.0. The molecule has 0 amide bonds. The van der Waals surface area contributed by atoms with Gasteiger partial charge in [-0.25, -0.2) is 0 Å². The second-order valence-corrected chi connectivity index (χ2v) is 17.8. The Kier molecular flexibility index (Phi) is 9.39. The fourth-order valence-electron chi connectivity index (χ4n) is 13.2. The van der Waals surface area contributed by atoms with Crippen LogP contribution in [0.25, 0.3) is 21.8 Å². The van der Waals surface area contributed by atoms with E-state index in [2.05, 4.69) is 77.1 Å². The number of ether oxygens (including phenoxy) is 3. The maximum Gasteiger partial charge on any atom is 0.319 e. The van der Waals surface area contributed by atoms with Crippen LogP contribution in [0.4, 0.5) is 0 Å². The number of hydrogen-bond donors (Lipinski definition) is 2. The number of Topliss-reactive ketones (excluding diaryl/α,β-unsaturated/α-hetero) is 1. The van der Waals surface area contributed by atoms with Gasteiger partial charge in [-0.2, -0.15) is 0 Å². The Morgan fingerprint density at radius 1 is 0.929 bits per heavy atom. The van der Waals surface area contributed by atoms with Gasteiger partial charge in [0.2, 0.25) is 0 Å². The monoisotopic (exact) mass is 762 g/mol. The third kappa shape index (κ3) is 5.30. The molecule has 3 saturated heterocycles. The maximum atomic E-state index is 14.7. The number of ketones is 1. The van der Waals surface area contributed by atoms with Crippen LogP contribution >= 0.6 is 0 Å². The van der Waals surface area contributed by atoms with E-state index in [-0.39, 0.29) is 59.5 Å². The fourth-order valence-corrected chi connectivity index (χ4v) is 13.2. The number of methoxy groups -OCH3 is 3. The van der Waals surface area contributed by atoms with Gasteiger partial charge in [-0.3, -0.25) is 19.3 Å². The summed E-state index contributed by atoms with van der Waals surface area (Å²) in [4.78, 5) is 54.2. The van der Waals surface area contributed by atoms with E-state index >= 15 is 0 Å². The molecule has 10 heteroatoms. The van der Waals surface area contributed by atoms with Gasteiger partial charge < -0.3 is 29.1 Å². The van der Waals surface area contributed by atoms with Gasteiger partial charge in [0.1, 0.15) is 16.9 Å². The Balaban J connectivity index is 1.30. The van der Waals surface area contributed by atoms with Crippen molar-refractivity contribution in [1.82, 2.24) is 19.8 Å². The van der Waals surface area contributed by atoms with E-state index in [1.165, 1.54) is 36.4 Å². The molecule has 56 heavy (non-hydrogen) atoms. The molecular weight excluding hydrogens is 705 g/mol. The van der Waals surface area contributed by atoms with Crippen molar-refractivity contribution in [2.45, 2.75) is 102 Å². The summed E-state index contributed by atoms with van der Waals surface area (Å²) in [6.45, 7) is 7.89. The van der Waals surface area contributed by atoms with Crippen molar-refractivity contribution in [3.8, 4) is 5.75 Å². The fraction of sp³-hybridized carbons (Fsp3) is 0.587. The van der Waals surface area contributed by atoms with Gasteiger partial charge in [-0.1, -0.05) is 44.9 Å². The Hall–Kier alpha value is -4.15. The van der Waals surface area contributed by atoms with Gasteiger partial charge in [0.05, 0.1) is 32.8 Å². The van der Waals surface area contributed by atoms with Crippen LogP contribution in [0.2, 0.25) is 0 Å². The SMILES string of the molecule is CC[C@@H]1CN(C)[C@H]2Cc3c([nH]c4ccccc34)[C@H](c3c(OC)ccc4c5c([nH]c34)[C@]3(C(=O)OC)C[C@H]4C[C@H](CC)[C@@H]3N(CC5)C4CC(C)=O)C[C@@H]1C2C(=O)OC. The van der Waals surface area contributed by atoms with Gasteiger partial charge in [0, 0.05) is 76.8 Å². The first-order chi connectivity index (χ1) is 27.1. The Labute approximate surface area is 330 Å². The van der Waals surface area contributed by atoms with Crippen LogP contribution in [-0.4, -0.2) is 97.1 Å². The zero-order chi connectivity index (χ0) is 39.2. The number of likely N-dealkylation sites (N-methyl/N-ethyl adjacent to an activating group) is 1. The number of benzene rings is 2. The average Bonchev–Trinajstić information content (AvgIpc) is 3.73. The van der Waals surface area contributed by atoms with Crippen molar-refractivity contribution < 1.29 is 28.6 Å². The molecule has 4 aromatic rings. The number of aromatic amines is 2. The number of rotatable bonds is 8. The quantitative estimate of drug-likeness (QED) is 0.186. The lowest BCUT2D eigenvalue weighted by Gasteiger charge is -2.61. The molecule has 0 spiro atoms. The number of aromatic nitrogens is 2. The number of nitrogens with zero attached hydrogens (tertiary/aromatic N) is 2. The summed E-state index contributed by atoms with van der Waals surface area (Å²) < 4.78 is 17.8. The molecule has 4 fully saturated rings. The standard InChI is InChI=1S/C46H58N4O6/c1-8-25-19-27-22-46(45(53)56-7)42-30(16-17-50(43(25)46)35(27)18-24(3)51)29-14-15-37(54-5)39(41(29)48-42)33-20-31-26(9-2)23-49(4)36(38(31)44(52)55-6)21-32-28-12-10-11-13-34(28)47-40(32)33/h10-15,25-27,31,33,35-36,38,43,47-48H,8-9,16-23H2,1-7H3/t25-,26+,27+,31-,33-,35?,36-,38?,43-,46+/m0/s1. The molecule has 298 valence electrons. The van der Waals surface area contributed by atoms with Crippen molar-refractivity contribution in [3.05, 3.63) is 64.5 Å². The number of carbonyl (C=O) groups is 3. The maximum absolute atomic E-state index is 14.7. The Bertz CT molecular complexity index is 2210. The molecule has 2 aliphatic carbocycles. The molecule has 11 atom stereocenters. The van der Waals surface area contributed by atoms with Crippen molar-refractivity contribution in [3.63, 3.8) is 0 Å². The minimum Gasteiger partial charge on any atom is -0.496 e. The van der Waals surface area contributed by atoms with E-state index in [9.17, 15) is 14.4 Å². The molecule has 6 aliphatic rings. The summed E-state index contributed by atoms with van der Waals surface area (Å²) in [5, 5.41) is 2.29. The topological polar surface area (TPSA) is 117 Å². The lowest BCUT2D eigenvalue weighted by atomic mass is 9.54. The Morgan fingerprint density at radius 2 is 1.71 bits per heavy atom. The molecule has 6 bridgehead atoms. The van der Waals surface area contributed by atoms with Gasteiger partial charge in [0.15, 0.2) is 0 Å². The van der Waals surface area contributed by atoms with Gasteiger partial charge in [-0.15, -0.1) is 0 Å². The third-order valence-electron chi connectivity index (χ3n) is 15.4. The molecule has 2 N–H and O–H groups in total. The van der Waals surface area contributed by atoms with Gasteiger partial charge in [-0.05, 0) is 99.1 Å². The summed E-state index contributed by atoms with van der Waals surface area (Å²) in [5.41, 5.74) is 6.83. The number of hydrogen-bond acceptors (Lipinski definition) is 8. The lowest BCUT2D eigenvalue weighted by molar-refractivity contribution is -0.169. The number of fused-ring (bicyclic) bond motifs is 9. The lowest BCUT2D eigenvalue weighted by Crippen LogP contribution is -2.70. The normalized spacial score (nSPS) is 33.6. The molecule has 2 aromatic carbocycles. The molecule has 6 heterocycles. The summed E-state index contributed by atoms with van der Waals surface area (Å²) in [6.07, 6.45) is 6.34. The third-order valence-corrected chi connectivity index (χ3v) is 15.4. The van der Waals surface area contributed by atoms with Crippen LogP contribution in [0.15, 0.2) is 36.4 Å². The summed E-state index contributed by atoms with van der Waals surface area (Å²) in [7, 11) is 6.98. The van der Waals surface area contributed by atoms with Crippen molar-refractivity contribution in [1.29, 1.82) is 0 Å². The van der Waals surface area contributed by atoms with Gasteiger partial charge in [0.25, 0.3) is 0 Å². The Morgan fingerprint density at radius 3 is 2.43 bits per heavy atom. The zero-order valence-corrected chi connectivity index (χ0v) is 34.1. The highest BCUT2D eigenvalue weighted by molar-refractivity contribution is 5.95. The summed E-state index contributed by atoms with van der Waals surface area (Å²) >= 11 is 0. The van der Waals surface area contributed by atoms with E-state index in [0.717, 1.165) is 85.0 Å². The van der Waals surface area contributed by atoms with Crippen LogP contribution in [0.3, 0.4) is 0 Å². The first-order valence-corrected chi connectivity index (χ1v) is 21.0. The number of para-hydroxylation sites is 1. The van der Waals surface area contributed by atoms with E-state index in [1.807, 2.05) is 0 Å². The number of carbonyl (C=O) groups excluding carboxylic acids is 3. The zero-order valence-electron chi connectivity index (χ0n) is 34.1. The predicted octanol–water partition coefficient (Wildman–Crippen LogP) is 6.92. The highest BCUT2D eigenvalue weighted by atomic mass is 16.5. The molecule has 10 nitrogen and oxygen atoms in total. The van der Waals surface area contributed by atoms with E-state index in [0.29, 0.717) is 24.7 Å². The predicted molar refractivity (Wildman–Crippen MR) is 216 cm³/mol. The van der Waals surface area contributed by atoms with Crippen LogP contribution in [0.1, 0.15) is 93.3 Å². The van der Waals surface area contributed by atoms with E-state index in [4.69, 9.17) is 14.2 Å². The van der Waals surface area contributed by atoms with Crippen LogP contribution in [-0.2, 0) is 42.1 Å². The number of likely N-dealkylation sites (tertiary alicyclic amines) is 1. The number of piperidine rings is 3. The van der Waals surface area contributed by atoms with Crippen molar-refractivity contribution in [2.24, 2.45) is 29.6 Å². The number of esters is 2. The van der Waals surface area contributed by atoms with Crippen LogP contribution in [0.5, 0.6) is 5.75 Å². The van der Waals surface area contributed by atoms with Gasteiger partial charge >= 0.3 is 11.9 Å². The van der Waals surface area contributed by atoms with E-state index < -0.39 is 5.41 Å². The molecule has 2 aromatic heterocycles. The summed E-state index contributed by atoms with van der Waals surface area (Å²) in [6, 6.07) is 12.9. The highest BCUT2D eigenvalue weighted by Gasteiger charge is 2.65. The average molecular weight is 763 g/mol. The molecule has 4 aliphatic heterocycles. The van der Waals surface area contributed by atoms with Crippen LogP contribution < -0.4 is 4.74 Å². The molecule has 0 radical (unpaired) electrons. The molecular formula is C46H58N4O6.